The minimum atomic E-state index is -1.18. The monoisotopic (exact) mass is 274 g/mol. The number of hydrogen-bond donors (Lipinski definition) is 3. The molecule has 0 fully saturated rings. The van der Waals surface area contributed by atoms with Crippen LogP contribution in [0.5, 0.6) is 0 Å². The quantitative estimate of drug-likeness (QED) is 0.650. The Kier molecular flexibility index (Phi) is 7.11. The molecule has 0 aromatic rings. The van der Waals surface area contributed by atoms with E-state index in [-0.39, 0.29) is 17.2 Å². The van der Waals surface area contributed by atoms with Crippen LogP contribution in [-0.2, 0) is 9.59 Å². The van der Waals surface area contributed by atoms with Crippen LogP contribution in [0.2, 0.25) is 0 Å². The molecule has 3 amide bonds. The standard InChI is InChI=1S/C11H18N2O4S/c1-6(5-18-4)12-11(17)13-9(14)7(2)8(3)10(15)16/h6H,5H2,1-4H3,(H,15,16)(H2,12,13,14,17). The summed E-state index contributed by atoms with van der Waals surface area (Å²) >= 11 is 1.57. The van der Waals surface area contributed by atoms with Gasteiger partial charge in [0, 0.05) is 22.9 Å². The zero-order valence-electron chi connectivity index (χ0n) is 10.9. The maximum Gasteiger partial charge on any atom is 0.331 e. The Bertz CT molecular complexity index is 379. The molecule has 7 heteroatoms. The Morgan fingerprint density at radius 1 is 1.22 bits per heavy atom. The van der Waals surface area contributed by atoms with E-state index in [9.17, 15) is 14.4 Å². The molecule has 0 radical (unpaired) electrons. The van der Waals surface area contributed by atoms with Crippen molar-refractivity contribution in [1.82, 2.24) is 10.6 Å². The molecule has 0 saturated carbocycles. The van der Waals surface area contributed by atoms with E-state index in [1.807, 2.05) is 13.2 Å². The third-order valence-electron chi connectivity index (χ3n) is 2.25. The second-order valence-electron chi connectivity index (χ2n) is 3.84. The predicted octanol–water partition coefficient (Wildman–Crippen LogP) is 0.985. The SMILES string of the molecule is CSCC(C)NC(=O)NC(=O)C(C)=C(C)C(=O)O. The second kappa shape index (κ2) is 7.75. The van der Waals surface area contributed by atoms with Crippen molar-refractivity contribution < 1.29 is 19.5 Å². The van der Waals surface area contributed by atoms with E-state index in [1.165, 1.54) is 13.8 Å². The third-order valence-corrected chi connectivity index (χ3v) is 3.08. The maximum atomic E-state index is 11.5. The van der Waals surface area contributed by atoms with Gasteiger partial charge >= 0.3 is 12.0 Å². The van der Waals surface area contributed by atoms with Gasteiger partial charge in [-0.05, 0) is 27.0 Å². The summed E-state index contributed by atoms with van der Waals surface area (Å²) in [4.78, 5) is 33.6. The Balaban J connectivity index is 4.45. The fourth-order valence-corrected chi connectivity index (χ4v) is 1.66. The highest BCUT2D eigenvalue weighted by Crippen LogP contribution is 2.03. The van der Waals surface area contributed by atoms with Crippen LogP contribution in [0.3, 0.4) is 0 Å². The molecule has 0 spiro atoms. The van der Waals surface area contributed by atoms with Crippen LogP contribution >= 0.6 is 11.8 Å². The minimum Gasteiger partial charge on any atom is -0.478 e. The average molecular weight is 274 g/mol. The normalized spacial score (nSPS) is 13.3. The number of amides is 3. The fourth-order valence-electron chi connectivity index (χ4n) is 1.08. The van der Waals surface area contributed by atoms with Crippen molar-refractivity contribution in [2.75, 3.05) is 12.0 Å². The molecule has 0 aromatic carbocycles. The molecule has 0 aliphatic carbocycles. The van der Waals surface area contributed by atoms with Gasteiger partial charge in [0.2, 0.25) is 0 Å². The first kappa shape index (κ1) is 16.5. The van der Waals surface area contributed by atoms with E-state index in [0.29, 0.717) is 0 Å². The Morgan fingerprint density at radius 2 is 1.78 bits per heavy atom. The number of rotatable bonds is 5. The molecule has 1 atom stereocenters. The van der Waals surface area contributed by atoms with E-state index in [4.69, 9.17) is 5.11 Å². The molecular weight excluding hydrogens is 256 g/mol. The molecule has 0 aliphatic heterocycles. The van der Waals surface area contributed by atoms with Gasteiger partial charge in [0.05, 0.1) is 0 Å². The highest BCUT2D eigenvalue weighted by atomic mass is 32.2. The number of carbonyl (C=O) groups excluding carboxylic acids is 2. The van der Waals surface area contributed by atoms with Gasteiger partial charge in [-0.2, -0.15) is 11.8 Å². The van der Waals surface area contributed by atoms with E-state index < -0.39 is 17.9 Å². The Labute approximate surface area is 110 Å². The van der Waals surface area contributed by atoms with E-state index in [0.717, 1.165) is 5.75 Å². The van der Waals surface area contributed by atoms with Crippen molar-refractivity contribution in [3.8, 4) is 0 Å². The number of imide groups is 1. The Morgan fingerprint density at radius 3 is 2.22 bits per heavy atom. The van der Waals surface area contributed by atoms with Crippen LogP contribution < -0.4 is 10.6 Å². The zero-order valence-corrected chi connectivity index (χ0v) is 11.7. The van der Waals surface area contributed by atoms with Crippen LogP contribution in [0.4, 0.5) is 4.79 Å². The molecule has 0 bridgehead atoms. The molecule has 0 aromatic heterocycles. The molecule has 0 saturated heterocycles. The average Bonchev–Trinajstić information content (AvgIpc) is 2.26. The number of thioether (sulfide) groups is 1. The molecule has 102 valence electrons. The second-order valence-corrected chi connectivity index (χ2v) is 4.75. The summed E-state index contributed by atoms with van der Waals surface area (Å²) in [7, 11) is 0. The number of carboxylic acids is 1. The summed E-state index contributed by atoms with van der Waals surface area (Å²) in [5.41, 5.74) is -0.0763. The molecule has 6 nitrogen and oxygen atoms in total. The fraction of sp³-hybridized carbons (Fsp3) is 0.545. The van der Waals surface area contributed by atoms with Crippen molar-refractivity contribution in [3.05, 3.63) is 11.1 Å². The van der Waals surface area contributed by atoms with Gasteiger partial charge in [-0.15, -0.1) is 0 Å². The van der Waals surface area contributed by atoms with Crippen LogP contribution in [0.1, 0.15) is 20.8 Å². The topological polar surface area (TPSA) is 95.5 Å². The summed E-state index contributed by atoms with van der Waals surface area (Å²) in [5.74, 6) is -1.16. The molecule has 0 heterocycles. The van der Waals surface area contributed by atoms with Gasteiger partial charge in [0.15, 0.2) is 0 Å². The highest BCUT2D eigenvalue weighted by molar-refractivity contribution is 7.98. The van der Waals surface area contributed by atoms with Gasteiger partial charge in [0.25, 0.3) is 5.91 Å². The third kappa shape index (κ3) is 5.72. The van der Waals surface area contributed by atoms with Crippen molar-refractivity contribution >= 4 is 29.7 Å². The van der Waals surface area contributed by atoms with Gasteiger partial charge in [-0.25, -0.2) is 9.59 Å². The number of hydrogen-bond acceptors (Lipinski definition) is 4. The molecule has 18 heavy (non-hydrogen) atoms. The lowest BCUT2D eigenvalue weighted by molar-refractivity contribution is -0.133. The van der Waals surface area contributed by atoms with Gasteiger partial charge in [0.1, 0.15) is 0 Å². The summed E-state index contributed by atoms with van der Waals surface area (Å²) in [6, 6.07) is -0.697. The number of urea groups is 1. The smallest absolute Gasteiger partial charge is 0.331 e. The lowest BCUT2D eigenvalue weighted by atomic mass is 10.1. The highest BCUT2D eigenvalue weighted by Gasteiger charge is 2.15. The lowest BCUT2D eigenvalue weighted by Crippen LogP contribution is -2.44. The largest absolute Gasteiger partial charge is 0.478 e. The van der Waals surface area contributed by atoms with Crippen molar-refractivity contribution in [2.45, 2.75) is 26.8 Å². The molecule has 1 unspecified atom stereocenters. The molecule has 0 aliphatic rings. The lowest BCUT2D eigenvalue weighted by Gasteiger charge is -2.13. The van der Waals surface area contributed by atoms with Crippen LogP contribution in [-0.4, -0.2) is 41.1 Å². The van der Waals surface area contributed by atoms with E-state index in [1.54, 1.807) is 11.8 Å². The van der Waals surface area contributed by atoms with Crippen molar-refractivity contribution in [1.29, 1.82) is 0 Å². The van der Waals surface area contributed by atoms with Crippen molar-refractivity contribution in [3.63, 3.8) is 0 Å². The van der Waals surface area contributed by atoms with Gasteiger partial charge in [-0.3, -0.25) is 10.1 Å². The van der Waals surface area contributed by atoms with E-state index >= 15 is 0 Å². The summed E-state index contributed by atoms with van der Waals surface area (Å²) < 4.78 is 0. The van der Waals surface area contributed by atoms with Gasteiger partial charge < -0.3 is 10.4 Å². The zero-order chi connectivity index (χ0) is 14.3. The van der Waals surface area contributed by atoms with Crippen LogP contribution in [0.15, 0.2) is 11.1 Å². The maximum absolute atomic E-state index is 11.5. The van der Waals surface area contributed by atoms with Crippen molar-refractivity contribution in [2.24, 2.45) is 0 Å². The molecule has 0 rings (SSSR count). The number of nitrogens with one attached hydrogen (secondary N) is 2. The molecule has 3 N–H and O–H groups in total. The molecular formula is C11H18N2O4S. The first-order chi connectivity index (χ1) is 8.29. The first-order valence-electron chi connectivity index (χ1n) is 5.31. The Hall–Kier alpha value is -1.50. The van der Waals surface area contributed by atoms with Crippen LogP contribution in [0, 0.1) is 0 Å². The van der Waals surface area contributed by atoms with Crippen LogP contribution in [0.25, 0.3) is 0 Å². The number of carbonyl (C=O) groups is 3. The summed E-state index contributed by atoms with van der Waals surface area (Å²) in [6.45, 7) is 4.48. The van der Waals surface area contributed by atoms with E-state index in [2.05, 4.69) is 10.6 Å². The van der Waals surface area contributed by atoms with Gasteiger partial charge in [-0.1, -0.05) is 0 Å². The predicted molar refractivity (Wildman–Crippen MR) is 70.5 cm³/mol. The first-order valence-corrected chi connectivity index (χ1v) is 6.70. The minimum absolute atomic E-state index is 0.00942. The summed E-state index contributed by atoms with van der Waals surface area (Å²) in [6.07, 6.45) is 1.91. The number of carboxylic acid groups (broad SMARTS) is 1. The number of aliphatic carboxylic acids is 1. The summed E-state index contributed by atoms with van der Waals surface area (Å²) in [5, 5.41) is 13.4.